The van der Waals surface area contributed by atoms with Gasteiger partial charge in [0.15, 0.2) is 11.2 Å². The number of carbonyl (C=O) groups excluding carboxylic acids is 1. The molecule has 0 saturated heterocycles. The minimum Gasteiger partial charge on any atom is -0.478 e. The molecule has 3 aromatic rings. The van der Waals surface area contributed by atoms with Crippen molar-refractivity contribution in [1.29, 1.82) is 0 Å². The maximum atomic E-state index is 13.6. The summed E-state index contributed by atoms with van der Waals surface area (Å²) in [6.07, 6.45) is -1.39. The topological polar surface area (TPSA) is 70.0 Å². The van der Waals surface area contributed by atoms with E-state index >= 15 is 0 Å². The second-order valence-electron chi connectivity index (χ2n) is 9.66. The molecule has 1 amide bonds. The third-order valence-electron chi connectivity index (χ3n) is 7.38. The average molecular weight is 522 g/mol. The zero-order chi connectivity index (χ0) is 24.4. The Hall–Kier alpha value is -2.67. The van der Waals surface area contributed by atoms with Crippen LogP contribution in [-0.2, 0) is 16.0 Å². The van der Waals surface area contributed by atoms with Crippen molar-refractivity contribution in [3.8, 4) is 5.75 Å². The first-order valence-electron chi connectivity index (χ1n) is 11.4. The first kappa shape index (κ1) is 23.1. The zero-order valence-corrected chi connectivity index (χ0v) is 21.2. The number of nitrogens with zero attached hydrogens (tertiary/aromatic N) is 1. The summed E-state index contributed by atoms with van der Waals surface area (Å²) in [5.41, 5.74) is 0.633. The van der Waals surface area contributed by atoms with Gasteiger partial charge in [0.1, 0.15) is 11.9 Å². The normalized spacial score (nSPS) is 29.3. The molecule has 1 heterocycles. The number of benzene rings is 3. The largest absolute Gasteiger partial charge is 0.478 e. The highest BCUT2D eigenvalue weighted by atomic mass is 79.9. The Kier molecular flexibility index (Phi) is 5.39. The van der Waals surface area contributed by atoms with Crippen LogP contribution in [0.1, 0.15) is 33.7 Å². The van der Waals surface area contributed by atoms with E-state index in [9.17, 15) is 15.0 Å². The SMILES string of the molecule is Cc1cc(C)c2c(c1)O[C@@]1(c3ccc(Br)cc3)[C@H](c3ccccc3)[C@@H](C(=O)N(C)C)[C@@H](O)[C@@]21O. The van der Waals surface area contributed by atoms with E-state index in [1.807, 2.05) is 80.6 Å². The van der Waals surface area contributed by atoms with E-state index in [0.717, 1.165) is 21.2 Å². The fourth-order valence-corrected chi connectivity index (χ4v) is 6.40. The van der Waals surface area contributed by atoms with Gasteiger partial charge in [-0.1, -0.05) is 64.5 Å². The third-order valence-corrected chi connectivity index (χ3v) is 7.91. The molecule has 5 nitrogen and oxygen atoms in total. The highest BCUT2D eigenvalue weighted by molar-refractivity contribution is 9.10. The number of aliphatic hydroxyl groups is 2. The van der Waals surface area contributed by atoms with Crippen LogP contribution in [0.3, 0.4) is 0 Å². The van der Waals surface area contributed by atoms with Crippen LogP contribution in [-0.4, -0.2) is 41.2 Å². The molecule has 34 heavy (non-hydrogen) atoms. The van der Waals surface area contributed by atoms with E-state index in [1.54, 1.807) is 14.1 Å². The van der Waals surface area contributed by atoms with Crippen molar-refractivity contribution in [1.82, 2.24) is 4.90 Å². The zero-order valence-electron chi connectivity index (χ0n) is 19.6. The standard InChI is InChI=1S/C28H28BrNO4/c1-16-14-17(2)23-21(15-16)34-28(19-10-12-20(29)13-11-19)24(18-8-6-5-7-9-18)22(26(32)30(3)4)25(31)27(23,28)33/h5-15,22,24-25,31,33H,1-4H3/t22-,24-,25-,27+,28+/m1/s1. The Morgan fingerprint density at radius 1 is 1.03 bits per heavy atom. The van der Waals surface area contributed by atoms with Crippen LogP contribution in [0.5, 0.6) is 5.75 Å². The van der Waals surface area contributed by atoms with Gasteiger partial charge < -0.3 is 19.8 Å². The highest BCUT2D eigenvalue weighted by Gasteiger charge is 2.77. The number of aryl methyl sites for hydroxylation is 2. The Balaban J connectivity index is 1.89. The van der Waals surface area contributed by atoms with Crippen LogP contribution >= 0.6 is 15.9 Å². The second kappa shape index (κ2) is 7.94. The summed E-state index contributed by atoms with van der Waals surface area (Å²) in [6, 6.07) is 21.0. The van der Waals surface area contributed by atoms with Gasteiger partial charge in [-0.25, -0.2) is 0 Å². The summed E-state index contributed by atoms with van der Waals surface area (Å²) >= 11 is 3.50. The quantitative estimate of drug-likeness (QED) is 0.535. The molecule has 176 valence electrons. The molecule has 1 fully saturated rings. The van der Waals surface area contributed by atoms with Gasteiger partial charge in [-0.2, -0.15) is 0 Å². The van der Waals surface area contributed by atoms with E-state index < -0.39 is 29.1 Å². The summed E-state index contributed by atoms with van der Waals surface area (Å²) in [4.78, 5) is 15.1. The number of carbonyl (C=O) groups is 1. The number of hydrogen-bond acceptors (Lipinski definition) is 4. The van der Waals surface area contributed by atoms with E-state index in [1.165, 1.54) is 4.90 Å². The molecule has 0 bridgehead atoms. The van der Waals surface area contributed by atoms with E-state index in [4.69, 9.17) is 4.74 Å². The van der Waals surface area contributed by atoms with Crippen LogP contribution in [0, 0.1) is 19.8 Å². The van der Waals surface area contributed by atoms with Crippen LogP contribution in [0.15, 0.2) is 71.2 Å². The summed E-state index contributed by atoms with van der Waals surface area (Å²) in [6.45, 7) is 3.89. The minimum atomic E-state index is -1.84. The molecule has 2 N–H and O–H groups in total. The summed E-state index contributed by atoms with van der Waals surface area (Å²) in [5, 5.41) is 24.6. The monoisotopic (exact) mass is 521 g/mol. The van der Waals surface area contributed by atoms with Crippen molar-refractivity contribution < 1.29 is 19.7 Å². The molecule has 0 aromatic heterocycles. The van der Waals surface area contributed by atoms with Crippen molar-refractivity contribution >= 4 is 21.8 Å². The van der Waals surface area contributed by atoms with Crippen molar-refractivity contribution in [3.05, 3.63) is 99.0 Å². The Labute approximate surface area is 208 Å². The second-order valence-corrected chi connectivity index (χ2v) is 10.6. The lowest BCUT2D eigenvalue weighted by atomic mass is 9.70. The smallest absolute Gasteiger partial charge is 0.228 e. The molecule has 2 aliphatic rings. The molecule has 5 atom stereocenters. The Morgan fingerprint density at radius 3 is 2.29 bits per heavy atom. The van der Waals surface area contributed by atoms with Crippen LogP contribution in [0.2, 0.25) is 0 Å². The molecule has 1 saturated carbocycles. The number of aliphatic hydroxyl groups excluding tert-OH is 1. The minimum absolute atomic E-state index is 0.254. The van der Waals surface area contributed by atoms with Gasteiger partial charge in [0, 0.05) is 30.0 Å². The van der Waals surface area contributed by atoms with Crippen molar-refractivity contribution in [2.24, 2.45) is 5.92 Å². The van der Waals surface area contributed by atoms with E-state index in [0.29, 0.717) is 16.9 Å². The van der Waals surface area contributed by atoms with Gasteiger partial charge >= 0.3 is 0 Å². The maximum absolute atomic E-state index is 13.6. The predicted molar refractivity (Wildman–Crippen MR) is 134 cm³/mol. The van der Waals surface area contributed by atoms with Crippen LogP contribution in [0.4, 0.5) is 0 Å². The number of amides is 1. The lowest BCUT2D eigenvalue weighted by Crippen LogP contribution is -2.52. The Bertz CT molecular complexity index is 1260. The summed E-state index contributed by atoms with van der Waals surface area (Å²) < 4.78 is 7.69. The van der Waals surface area contributed by atoms with Gasteiger partial charge in [-0.05, 0) is 54.3 Å². The molecule has 0 radical (unpaired) electrons. The fraction of sp³-hybridized carbons (Fsp3) is 0.321. The first-order chi connectivity index (χ1) is 16.1. The van der Waals surface area contributed by atoms with Gasteiger partial charge in [-0.15, -0.1) is 0 Å². The van der Waals surface area contributed by atoms with Gasteiger partial charge in [0.05, 0.1) is 5.92 Å². The van der Waals surface area contributed by atoms with Gasteiger partial charge in [0.25, 0.3) is 0 Å². The molecule has 0 spiro atoms. The molecule has 5 rings (SSSR count). The molecule has 1 aliphatic heterocycles. The molecule has 1 aliphatic carbocycles. The van der Waals surface area contributed by atoms with Crippen molar-refractivity contribution in [2.45, 2.75) is 37.1 Å². The molecule has 3 aromatic carbocycles. The number of fused-ring (bicyclic) bond motifs is 3. The summed E-state index contributed by atoms with van der Waals surface area (Å²) in [5.74, 6) is -1.27. The van der Waals surface area contributed by atoms with Crippen LogP contribution < -0.4 is 4.74 Å². The van der Waals surface area contributed by atoms with Gasteiger partial charge in [0.2, 0.25) is 5.91 Å². The highest BCUT2D eigenvalue weighted by Crippen LogP contribution is 2.69. The third kappa shape index (κ3) is 2.95. The fourth-order valence-electron chi connectivity index (χ4n) is 6.13. The molecule has 6 heteroatoms. The Morgan fingerprint density at radius 2 is 1.68 bits per heavy atom. The van der Waals surface area contributed by atoms with Gasteiger partial charge in [-0.3, -0.25) is 4.79 Å². The molecular weight excluding hydrogens is 494 g/mol. The van der Waals surface area contributed by atoms with Crippen molar-refractivity contribution in [3.63, 3.8) is 0 Å². The van der Waals surface area contributed by atoms with E-state index in [-0.39, 0.29) is 5.91 Å². The first-order valence-corrected chi connectivity index (χ1v) is 12.2. The number of ether oxygens (including phenoxy) is 1. The molecule has 0 unspecified atom stereocenters. The number of hydrogen-bond donors (Lipinski definition) is 2. The van der Waals surface area contributed by atoms with Crippen molar-refractivity contribution in [2.75, 3.05) is 14.1 Å². The van der Waals surface area contributed by atoms with E-state index in [2.05, 4.69) is 15.9 Å². The molecular formula is C28H28BrNO4. The average Bonchev–Trinajstić information content (AvgIpc) is 3.17. The predicted octanol–water partition coefficient (Wildman–Crippen LogP) is 4.40. The summed E-state index contributed by atoms with van der Waals surface area (Å²) in [7, 11) is 3.34. The lowest BCUT2D eigenvalue weighted by molar-refractivity contribution is -0.156. The number of halogens is 1. The lowest BCUT2D eigenvalue weighted by Gasteiger charge is -2.41. The maximum Gasteiger partial charge on any atom is 0.228 e. The van der Waals surface area contributed by atoms with Crippen LogP contribution in [0.25, 0.3) is 0 Å². The number of rotatable bonds is 3.